The van der Waals surface area contributed by atoms with Crippen LogP contribution in [0.3, 0.4) is 0 Å². The average Bonchev–Trinajstić information content (AvgIpc) is 3.08. The lowest BCUT2D eigenvalue weighted by molar-refractivity contribution is 0.363. The molecule has 6 aromatic carbocycles. The van der Waals surface area contributed by atoms with Crippen molar-refractivity contribution < 1.29 is 9.47 Å². The fraction of sp³-hybridized carbons (Fsp3) is 0. The molecule has 1 aliphatic rings. The maximum absolute atomic E-state index is 6.44. The van der Waals surface area contributed by atoms with E-state index in [0.29, 0.717) is 34.7 Å². The van der Waals surface area contributed by atoms with Gasteiger partial charge in [0.25, 0.3) is 0 Å². The first-order valence-electron chi connectivity index (χ1n) is 13.8. The number of hydrogen-bond donors (Lipinski definition) is 0. The number of rotatable bonds is 4. The molecule has 0 saturated carbocycles. The summed E-state index contributed by atoms with van der Waals surface area (Å²) in [5.74, 6) is 4.70. The maximum Gasteiger partial charge on any atom is 0.177 e. The standard InChI is InChI=1S/C37H23N3O2/c1-3-11-25(12-4-1)35-38-36(26-13-5-2-6-14-26)40-37(39-35)29-16-9-15-27(22-29)28-19-20-31-33(23-28)42-34-30-17-8-7-10-24(30)18-21-32(34)41-31/h1-23H. The van der Waals surface area contributed by atoms with Crippen LogP contribution in [0.1, 0.15) is 0 Å². The van der Waals surface area contributed by atoms with E-state index in [2.05, 4.69) is 30.3 Å². The summed E-state index contributed by atoms with van der Waals surface area (Å²) in [4.78, 5) is 14.6. The molecule has 1 aliphatic heterocycles. The second-order valence-electron chi connectivity index (χ2n) is 10.1. The minimum Gasteiger partial charge on any atom is -0.449 e. The smallest absolute Gasteiger partial charge is 0.177 e. The molecule has 0 saturated heterocycles. The highest BCUT2D eigenvalue weighted by molar-refractivity contribution is 5.92. The topological polar surface area (TPSA) is 57.1 Å². The summed E-state index contributed by atoms with van der Waals surface area (Å²) in [5.41, 5.74) is 4.80. The van der Waals surface area contributed by atoms with Gasteiger partial charge in [-0.05, 0) is 40.8 Å². The summed E-state index contributed by atoms with van der Waals surface area (Å²) < 4.78 is 12.7. The van der Waals surface area contributed by atoms with E-state index in [4.69, 9.17) is 24.4 Å². The van der Waals surface area contributed by atoms with Crippen LogP contribution < -0.4 is 9.47 Å². The first-order chi connectivity index (χ1) is 20.8. The van der Waals surface area contributed by atoms with E-state index in [9.17, 15) is 0 Å². The highest BCUT2D eigenvalue weighted by Crippen LogP contribution is 2.49. The minimum absolute atomic E-state index is 0.613. The molecule has 0 N–H and O–H groups in total. The molecule has 7 aromatic rings. The molecule has 0 fully saturated rings. The first-order valence-corrected chi connectivity index (χ1v) is 13.8. The van der Waals surface area contributed by atoms with Gasteiger partial charge < -0.3 is 9.47 Å². The third-order valence-corrected chi connectivity index (χ3v) is 7.37. The lowest BCUT2D eigenvalue weighted by atomic mass is 10.0. The largest absolute Gasteiger partial charge is 0.449 e. The van der Waals surface area contributed by atoms with Crippen LogP contribution in [0.25, 0.3) is 56.1 Å². The van der Waals surface area contributed by atoms with Crippen molar-refractivity contribution in [2.45, 2.75) is 0 Å². The Morgan fingerprint density at radius 2 is 0.929 bits per heavy atom. The van der Waals surface area contributed by atoms with E-state index >= 15 is 0 Å². The Hall–Kier alpha value is -5.81. The molecule has 0 aliphatic carbocycles. The molecule has 0 unspecified atom stereocenters. The highest BCUT2D eigenvalue weighted by Gasteiger charge is 2.22. The molecule has 2 heterocycles. The summed E-state index contributed by atoms with van der Waals surface area (Å²) in [6, 6.07) is 46.4. The number of aromatic nitrogens is 3. The van der Waals surface area contributed by atoms with E-state index in [-0.39, 0.29) is 0 Å². The van der Waals surface area contributed by atoms with E-state index in [1.165, 1.54) is 0 Å². The molecule has 1 aromatic heterocycles. The Bertz CT molecular complexity index is 2040. The van der Waals surface area contributed by atoms with Crippen molar-refractivity contribution in [1.82, 2.24) is 15.0 Å². The highest BCUT2D eigenvalue weighted by atomic mass is 16.6. The van der Waals surface area contributed by atoms with Gasteiger partial charge in [-0.2, -0.15) is 0 Å². The van der Waals surface area contributed by atoms with Gasteiger partial charge in [0.05, 0.1) is 0 Å². The lowest BCUT2D eigenvalue weighted by Crippen LogP contribution is -2.00. The molecule has 0 atom stereocenters. The van der Waals surface area contributed by atoms with Gasteiger partial charge in [0, 0.05) is 22.1 Å². The second kappa shape index (κ2) is 9.98. The van der Waals surface area contributed by atoms with Crippen molar-refractivity contribution in [1.29, 1.82) is 0 Å². The molecule has 0 spiro atoms. The van der Waals surface area contributed by atoms with Crippen LogP contribution in [0.15, 0.2) is 140 Å². The molecular formula is C37H23N3O2. The number of benzene rings is 6. The van der Waals surface area contributed by atoms with Crippen molar-refractivity contribution in [2.24, 2.45) is 0 Å². The van der Waals surface area contributed by atoms with Gasteiger partial charge >= 0.3 is 0 Å². The third-order valence-electron chi connectivity index (χ3n) is 7.37. The average molecular weight is 542 g/mol. The molecule has 5 nitrogen and oxygen atoms in total. The fourth-order valence-corrected chi connectivity index (χ4v) is 5.26. The van der Waals surface area contributed by atoms with Gasteiger partial charge in [0.2, 0.25) is 0 Å². The number of nitrogens with zero attached hydrogens (tertiary/aromatic N) is 3. The number of fused-ring (bicyclic) bond motifs is 4. The van der Waals surface area contributed by atoms with Gasteiger partial charge in [0.15, 0.2) is 40.5 Å². The third kappa shape index (κ3) is 4.34. The molecule has 42 heavy (non-hydrogen) atoms. The SMILES string of the molecule is c1ccc(-c2nc(-c3ccccc3)nc(-c3cccc(-c4ccc5c(c4)Oc4c(ccc6ccccc46)O5)c3)n2)cc1. The van der Waals surface area contributed by atoms with Crippen LogP contribution in [0.5, 0.6) is 23.0 Å². The molecule has 5 heteroatoms. The van der Waals surface area contributed by atoms with Crippen LogP contribution in [0.2, 0.25) is 0 Å². The van der Waals surface area contributed by atoms with Gasteiger partial charge in [-0.25, -0.2) is 15.0 Å². The molecule has 0 radical (unpaired) electrons. The number of hydrogen-bond acceptors (Lipinski definition) is 5. The van der Waals surface area contributed by atoms with Crippen molar-refractivity contribution in [3.05, 3.63) is 140 Å². The predicted molar refractivity (Wildman–Crippen MR) is 166 cm³/mol. The molecule has 8 rings (SSSR count). The second-order valence-corrected chi connectivity index (χ2v) is 10.1. The van der Waals surface area contributed by atoms with Crippen molar-refractivity contribution in [3.63, 3.8) is 0 Å². The van der Waals surface area contributed by atoms with Gasteiger partial charge in [-0.15, -0.1) is 0 Å². The maximum atomic E-state index is 6.44. The van der Waals surface area contributed by atoms with Gasteiger partial charge in [0.1, 0.15) is 0 Å². The fourth-order valence-electron chi connectivity index (χ4n) is 5.26. The zero-order chi connectivity index (χ0) is 27.9. The summed E-state index contributed by atoms with van der Waals surface area (Å²) in [6.07, 6.45) is 0. The van der Waals surface area contributed by atoms with Crippen LogP contribution in [-0.2, 0) is 0 Å². The summed E-state index contributed by atoms with van der Waals surface area (Å²) in [5, 5.41) is 2.13. The van der Waals surface area contributed by atoms with E-state index < -0.39 is 0 Å². The zero-order valence-corrected chi connectivity index (χ0v) is 22.4. The lowest BCUT2D eigenvalue weighted by Gasteiger charge is -2.22. The quantitative estimate of drug-likeness (QED) is 0.222. The number of ether oxygens (including phenoxy) is 2. The summed E-state index contributed by atoms with van der Waals surface area (Å²) >= 11 is 0. The van der Waals surface area contributed by atoms with Crippen LogP contribution in [0, 0.1) is 0 Å². The Balaban J connectivity index is 1.19. The van der Waals surface area contributed by atoms with E-state index in [1.807, 2.05) is 109 Å². The van der Waals surface area contributed by atoms with Gasteiger partial charge in [-0.1, -0.05) is 115 Å². The van der Waals surface area contributed by atoms with Crippen LogP contribution in [0.4, 0.5) is 0 Å². The van der Waals surface area contributed by atoms with Crippen LogP contribution in [-0.4, -0.2) is 15.0 Å². The zero-order valence-electron chi connectivity index (χ0n) is 22.4. The molecule has 0 amide bonds. The Morgan fingerprint density at radius 1 is 0.357 bits per heavy atom. The molecule has 198 valence electrons. The van der Waals surface area contributed by atoms with Crippen LogP contribution >= 0.6 is 0 Å². The van der Waals surface area contributed by atoms with Crippen molar-refractivity contribution >= 4 is 10.8 Å². The Morgan fingerprint density at radius 3 is 1.67 bits per heavy atom. The molecule has 0 bridgehead atoms. The molecular weight excluding hydrogens is 518 g/mol. The summed E-state index contributed by atoms with van der Waals surface area (Å²) in [7, 11) is 0. The van der Waals surface area contributed by atoms with Crippen molar-refractivity contribution in [2.75, 3.05) is 0 Å². The van der Waals surface area contributed by atoms with E-state index in [1.54, 1.807) is 0 Å². The van der Waals surface area contributed by atoms with Gasteiger partial charge in [-0.3, -0.25) is 0 Å². The van der Waals surface area contributed by atoms with Crippen molar-refractivity contribution in [3.8, 4) is 68.3 Å². The normalized spacial score (nSPS) is 11.7. The first kappa shape index (κ1) is 24.0. The monoisotopic (exact) mass is 541 g/mol. The Kier molecular flexibility index (Phi) is 5.71. The predicted octanol–water partition coefficient (Wildman–Crippen LogP) is 9.59. The van der Waals surface area contributed by atoms with E-state index in [0.717, 1.165) is 44.3 Å². The minimum atomic E-state index is 0.613. The Labute approximate surface area is 242 Å². The summed E-state index contributed by atoms with van der Waals surface area (Å²) in [6.45, 7) is 0.